The molecule has 0 heterocycles. The number of amides is 3. The van der Waals surface area contributed by atoms with Gasteiger partial charge in [0.25, 0.3) is 5.69 Å². The Morgan fingerprint density at radius 1 is 1.12 bits per heavy atom. The largest absolute Gasteiger partial charge is 0.463 e. The molecule has 14 heteroatoms. The zero-order valence-corrected chi connectivity index (χ0v) is 13.4. The second kappa shape index (κ2) is 8.22. The molecule has 0 fully saturated rings. The van der Waals surface area contributed by atoms with Gasteiger partial charge in [-0.15, -0.1) is 10.1 Å². The maximum atomic E-state index is 11.2. The first-order chi connectivity index (χ1) is 12.0. The van der Waals surface area contributed by atoms with Crippen molar-refractivity contribution in [1.82, 2.24) is 10.1 Å². The van der Waals surface area contributed by atoms with Crippen LogP contribution in [0.2, 0.25) is 0 Å². The molecule has 0 bridgehead atoms. The molecule has 0 aromatic heterocycles. The van der Waals surface area contributed by atoms with Crippen LogP contribution in [0, 0.1) is 10.1 Å². The molecule has 0 aliphatic rings. The van der Waals surface area contributed by atoms with Crippen molar-refractivity contribution in [1.29, 1.82) is 0 Å². The molecule has 0 saturated heterocycles. The monoisotopic (exact) mass is 374 g/mol. The molecule has 14 nitrogen and oxygen atoms in total. The smallest absolute Gasteiger partial charge is 0.440 e. The molecule has 1 aromatic carbocycles. The van der Waals surface area contributed by atoms with E-state index in [-0.39, 0.29) is 5.56 Å². The highest BCUT2D eigenvalue weighted by molar-refractivity contribution is 5.66. The number of hydrogen-bond donors (Lipinski definition) is 3. The van der Waals surface area contributed by atoms with Gasteiger partial charge in [0.1, 0.15) is 6.61 Å². The van der Waals surface area contributed by atoms with Gasteiger partial charge in [0, 0.05) is 6.07 Å². The van der Waals surface area contributed by atoms with Gasteiger partial charge in [-0.2, -0.15) is 0 Å². The Kier molecular flexibility index (Phi) is 6.35. The van der Waals surface area contributed by atoms with Gasteiger partial charge < -0.3 is 30.4 Å². The summed E-state index contributed by atoms with van der Waals surface area (Å²) in [6, 6.07) is 1.73. The average Bonchev–Trinajstić information content (AvgIpc) is 2.53. The van der Waals surface area contributed by atoms with E-state index in [1.165, 1.54) is 0 Å². The summed E-state index contributed by atoms with van der Waals surface area (Å²) in [4.78, 5) is 52.7. The number of carbonyl (C=O) groups excluding carboxylic acids is 1. The zero-order chi connectivity index (χ0) is 20.0. The number of carbonyl (C=O) groups is 3. The zero-order valence-electron chi connectivity index (χ0n) is 13.4. The fraction of sp³-hybridized carbons (Fsp3) is 0.250. The van der Waals surface area contributed by atoms with E-state index in [4.69, 9.17) is 25.6 Å². The summed E-state index contributed by atoms with van der Waals surface area (Å²) in [7, 11) is 2.00. The van der Waals surface area contributed by atoms with E-state index in [2.05, 4.69) is 4.74 Å². The molecule has 4 N–H and O–H groups in total. The lowest BCUT2D eigenvalue weighted by atomic mass is 10.1. The highest BCUT2D eigenvalue weighted by atomic mass is 16.7. The third-order valence-corrected chi connectivity index (χ3v) is 2.72. The minimum atomic E-state index is -1.54. The van der Waals surface area contributed by atoms with E-state index in [9.17, 15) is 24.5 Å². The van der Waals surface area contributed by atoms with E-state index >= 15 is 0 Å². The predicted octanol–water partition coefficient (Wildman–Crippen LogP) is 0.997. The summed E-state index contributed by atoms with van der Waals surface area (Å²) in [5, 5.41) is 29.5. The summed E-state index contributed by atoms with van der Waals surface area (Å²) in [5.74, 6) is -0.866. The van der Waals surface area contributed by atoms with Crippen LogP contribution >= 0.6 is 0 Å². The minimum absolute atomic E-state index is 0.201. The number of hydroxylamine groups is 4. The lowest BCUT2D eigenvalue weighted by Crippen LogP contribution is -2.31. The molecule has 26 heavy (non-hydrogen) atoms. The molecule has 3 amide bonds. The predicted molar refractivity (Wildman–Crippen MR) is 80.3 cm³/mol. The molecule has 0 saturated carbocycles. The number of nitrogens with two attached hydrogens (primary N) is 1. The number of nitrogens with zero attached hydrogens (tertiary/aromatic N) is 3. The molecule has 0 aliphatic heterocycles. The number of carboxylic acid groups (broad SMARTS) is 2. The third-order valence-electron chi connectivity index (χ3n) is 2.72. The molecule has 0 radical (unpaired) electrons. The van der Waals surface area contributed by atoms with Crippen LogP contribution in [0.4, 0.5) is 20.1 Å². The van der Waals surface area contributed by atoms with Gasteiger partial charge in [0.15, 0.2) is 0 Å². The van der Waals surface area contributed by atoms with Crippen LogP contribution in [0.3, 0.4) is 0 Å². The number of ether oxygens (including phenoxy) is 1. The van der Waals surface area contributed by atoms with Crippen LogP contribution in [0.25, 0.3) is 0 Å². The topological polar surface area (TPSA) is 195 Å². The SMILES string of the molecule is CN(Oc1cc(COC(N)=O)c([N+](=O)[O-])cc1ON(C)C(=O)O)C(=O)O. The van der Waals surface area contributed by atoms with Gasteiger partial charge in [-0.3, -0.25) is 10.1 Å². The second-order valence-electron chi connectivity index (χ2n) is 4.54. The maximum absolute atomic E-state index is 11.2. The van der Waals surface area contributed by atoms with E-state index < -0.39 is 47.0 Å². The quantitative estimate of drug-likeness (QED) is 0.457. The van der Waals surface area contributed by atoms with Gasteiger partial charge >= 0.3 is 18.3 Å². The van der Waals surface area contributed by atoms with Crippen LogP contribution in [0.15, 0.2) is 12.1 Å². The number of nitro benzene ring substituents is 1. The molecule has 142 valence electrons. The summed E-state index contributed by atoms with van der Waals surface area (Å²) in [5.41, 5.74) is 4.00. The van der Waals surface area contributed by atoms with Gasteiger partial charge in [0.05, 0.1) is 30.6 Å². The van der Waals surface area contributed by atoms with Crippen LogP contribution in [0.1, 0.15) is 5.56 Å². The van der Waals surface area contributed by atoms with Gasteiger partial charge in [-0.05, 0) is 0 Å². The first-order valence-electron chi connectivity index (χ1n) is 6.55. The van der Waals surface area contributed by atoms with E-state index in [1.807, 2.05) is 0 Å². The van der Waals surface area contributed by atoms with Crippen molar-refractivity contribution >= 4 is 24.0 Å². The number of nitro groups is 1. The Hall–Kier alpha value is -3.97. The minimum Gasteiger partial charge on any atom is -0.463 e. The maximum Gasteiger partial charge on any atom is 0.440 e. The number of hydrogen-bond acceptors (Lipinski definition) is 8. The van der Waals surface area contributed by atoms with E-state index in [1.54, 1.807) is 0 Å². The Labute approximate surface area is 144 Å². The molecule has 1 aromatic rings. The summed E-state index contributed by atoms with van der Waals surface area (Å²) in [6.45, 7) is -0.617. The summed E-state index contributed by atoms with van der Waals surface area (Å²) in [6.07, 6.45) is -4.25. The number of primary amides is 1. The van der Waals surface area contributed by atoms with Crippen LogP contribution < -0.4 is 15.4 Å². The second-order valence-corrected chi connectivity index (χ2v) is 4.54. The van der Waals surface area contributed by atoms with E-state index in [0.717, 1.165) is 26.2 Å². The fourth-order valence-electron chi connectivity index (χ4n) is 1.54. The normalized spacial score (nSPS) is 9.77. The molecular weight excluding hydrogens is 360 g/mol. The number of rotatable bonds is 7. The van der Waals surface area contributed by atoms with E-state index in [0.29, 0.717) is 10.1 Å². The highest BCUT2D eigenvalue weighted by Crippen LogP contribution is 2.36. The van der Waals surface area contributed by atoms with Crippen molar-refractivity contribution < 1.29 is 43.9 Å². The van der Waals surface area contributed by atoms with Gasteiger partial charge in [0.2, 0.25) is 11.5 Å². The first-order valence-corrected chi connectivity index (χ1v) is 6.55. The Balaban J connectivity index is 3.40. The van der Waals surface area contributed by atoms with Crippen molar-refractivity contribution in [2.75, 3.05) is 14.1 Å². The lowest BCUT2D eigenvalue weighted by Gasteiger charge is -2.20. The Bertz CT molecular complexity index is 737. The molecule has 0 unspecified atom stereocenters. The van der Waals surface area contributed by atoms with Crippen LogP contribution in [0.5, 0.6) is 11.5 Å². The fourth-order valence-corrected chi connectivity index (χ4v) is 1.54. The molecule has 0 atom stereocenters. The highest BCUT2D eigenvalue weighted by Gasteiger charge is 2.25. The summed E-state index contributed by atoms with van der Waals surface area (Å²) >= 11 is 0. The van der Waals surface area contributed by atoms with Crippen LogP contribution in [-0.2, 0) is 11.3 Å². The van der Waals surface area contributed by atoms with Crippen LogP contribution in [-0.4, -0.2) is 57.6 Å². The van der Waals surface area contributed by atoms with Gasteiger partial charge in [-0.1, -0.05) is 0 Å². The molecule has 0 aliphatic carbocycles. The number of benzene rings is 1. The standard InChI is InChI=1S/C12H14N4O10/c1-14(11(18)19)25-8-3-6(5-24-10(13)17)7(16(22)23)4-9(8)26-15(2)12(20)21/h3-4H,5H2,1-2H3,(H2,13,17)(H,18,19)(H,20,21). The molecule has 1 rings (SSSR count). The first kappa shape index (κ1) is 20.1. The van der Waals surface area contributed by atoms with Crippen molar-refractivity contribution in [3.05, 3.63) is 27.8 Å². The molecular formula is C12H14N4O10. The average molecular weight is 374 g/mol. The van der Waals surface area contributed by atoms with Crippen molar-refractivity contribution in [3.8, 4) is 11.5 Å². The Morgan fingerprint density at radius 3 is 1.96 bits per heavy atom. The third kappa shape index (κ3) is 5.29. The van der Waals surface area contributed by atoms with Gasteiger partial charge in [-0.25, -0.2) is 14.4 Å². The van der Waals surface area contributed by atoms with Crippen molar-refractivity contribution in [2.24, 2.45) is 5.73 Å². The van der Waals surface area contributed by atoms with Crippen molar-refractivity contribution in [2.45, 2.75) is 6.61 Å². The Morgan fingerprint density at radius 2 is 1.58 bits per heavy atom. The summed E-state index contributed by atoms with van der Waals surface area (Å²) < 4.78 is 4.49. The van der Waals surface area contributed by atoms with Crippen molar-refractivity contribution in [3.63, 3.8) is 0 Å². The molecule has 0 spiro atoms. The lowest BCUT2D eigenvalue weighted by molar-refractivity contribution is -0.386.